The Hall–Kier alpha value is -1.98. The zero-order valence-corrected chi connectivity index (χ0v) is 9.01. The number of nitro benzene ring substituents is 1. The molecule has 2 rings (SSSR count). The van der Waals surface area contributed by atoms with Gasteiger partial charge in [-0.25, -0.2) is 4.39 Å². The van der Waals surface area contributed by atoms with E-state index in [4.69, 9.17) is 0 Å². The molecule has 5 nitrogen and oxygen atoms in total. The van der Waals surface area contributed by atoms with Crippen molar-refractivity contribution in [1.82, 2.24) is 4.90 Å². The number of benzene rings is 1. The fourth-order valence-electron chi connectivity index (χ4n) is 2.15. The van der Waals surface area contributed by atoms with Crippen molar-refractivity contribution in [2.24, 2.45) is 0 Å². The molecule has 0 N–H and O–H groups in total. The van der Waals surface area contributed by atoms with Crippen LogP contribution >= 0.6 is 0 Å². The van der Waals surface area contributed by atoms with Gasteiger partial charge in [0.05, 0.1) is 17.0 Å². The van der Waals surface area contributed by atoms with E-state index in [0.29, 0.717) is 24.9 Å². The fraction of sp³-hybridized carbons (Fsp3) is 0.364. The number of nitrogens with zero attached hydrogens (tertiary/aromatic N) is 2. The number of rotatable bonds is 3. The first-order chi connectivity index (χ1) is 8.13. The number of halogens is 1. The predicted octanol–water partition coefficient (Wildman–Crippen LogP) is 2.03. The van der Waals surface area contributed by atoms with Crippen LogP contribution in [0.15, 0.2) is 18.2 Å². The molecule has 1 atom stereocenters. The molecule has 17 heavy (non-hydrogen) atoms. The van der Waals surface area contributed by atoms with Gasteiger partial charge < -0.3 is 4.90 Å². The van der Waals surface area contributed by atoms with E-state index in [0.717, 1.165) is 12.5 Å². The largest absolute Gasteiger partial charge is 0.338 e. The SMILES string of the molecule is O=CN1CCCC1c1ccc([N+](=O)[O-])cc1F. The average Bonchev–Trinajstić information content (AvgIpc) is 2.76. The van der Waals surface area contributed by atoms with E-state index >= 15 is 0 Å². The Morgan fingerprint density at radius 1 is 1.53 bits per heavy atom. The number of hydrogen-bond donors (Lipinski definition) is 0. The fourth-order valence-corrected chi connectivity index (χ4v) is 2.15. The van der Waals surface area contributed by atoms with Crippen molar-refractivity contribution < 1.29 is 14.1 Å². The van der Waals surface area contributed by atoms with Gasteiger partial charge in [-0.3, -0.25) is 14.9 Å². The molecule has 0 bridgehead atoms. The molecule has 0 aromatic heterocycles. The lowest BCUT2D eigenvalue weighted by atomic mass is 10.0. The first kappa shape index (κ1) is 11.5. The number of carbonyl (C=O) groups is 1. The van der Waals surface area contributed by atoms with Crippen molar-refractivity contribution >= 4 is 12.1 Å². The maximum absolute atomic E-state index is 13.7. The number of likely N-dealkylation sites (tertiary alicyclic amines) is 1. The first-order valence-electron chi connectivity index (χ1n) is 5.28. The summed E-state index contributed by atoms with van der Waals surface area (Å²) in [6.07, 6.45) is 2.20. The second-order valence-electron chi connectivity index (χ2n) is 3.96. The van der Waals surface area contributed by atoms with Crippen molar-refractivity contribution in [3.05, 3.63) is 39.7 Å². The van der Waals surface area contributed by atoms with Crippen LogP contribution in [0.1, 0.15) is 24.4 Å². The maximum Gasteiger partial charge on any atom is 0.272 e. The molecule has 1 heterocycles. The Bertz CT molecular complexity index is 464. The van der Waals surface area contributed by atoms with Gasteiger partial charge in [-0.1, -0.05) is 0 Å². The molecule has 1 aliphatic heterocycles. The molecular weight excluding hydrogens is 227 g/mol. The average molecular weight is 238 g/mol. The molecule has 0 saturated carbocycles. The zero-order chi connectivity index (χ0) is 12.4. The lowest BCUT2D eigenvalue weighted by molar-refractivity contribution is -0.385. The molecule has 0 spiro atoms. The van der Waals surface area contributed by atoms with E-state index in [2.05, 4.69) is 0 Å². The Morgan fingerprint density at radius 2 is 2.29 bits per heavy atom. The Kier molecular flexibility index (Phi) is 3.03. The molecule has 6 heteroatoms. The van der Waals surface area contributed by atoms with Crippen molar-refractivity contribution in [1.29, 1.82) is 0 Å². The zero-order valence-electron chi connectivity index (χ0n) is 9.01. The molecule has 1 aromatic carbocycles. The summed E-state index contributed by atoms with van der Waals surface area (Å²) in [6.45, 7) is 0.602. The third kappa shape index (κ3) is 2.11. The number of amides is 1. The second-order valence-corrected chi connectivity index (χ2v) is 3.96. The summed E-state index contributed by atoms with van der Waals surface area (Å²) in [5.41, 5.74) is 0.0714. The van der Waals surface area contributed by atoms with Crippen LogP contribution in [-0.2, 0) is 4.79 Å². The minimum Gasteiger partial charge on any atom is -0.338 e. The number of carbonyl (C=O) groups excluding carboxylic acids is 1. The highest BCUT2D eigenvalue weighted by Gasteiger charge is 2.27. The summed E-state index contributed by atoms with van der Waals surface area (Å²) in [5.74, 6) is -0.627. The van der Waals surface area contributed by atoms with E-state index in [1.807, 2.05) is 0 Å². The standard InChI is InChI=1S/C11H11FN2O3/c12-10-6-8(14(16)17)3-4-9(10)11-2-1-5-13(11)7-15/h3-4,6-7,11H,1-2,5H2. The smallest absolute Gasteiger partial charge is 0.272 e. The highest BCUT2D eigenvalue weighted by atomic mass is 19.1. The van der Waals surface area contributed by atoms with Crippen LogP contribution in [0.5, 0.6) is 0 Å². The van der Waals surface area contributed by atoms with Gasteiger partial charge in [0.15, 0.2) is 0 Å². The Labute approximate surface area is 97.0 Å². The molecule has 1 fully saturated rings. The highest BCUT2D eigenvalue weighted by Crippen LogP contribution is 2.33. The van der Waals surface area contributed by atoms with Crippen LogP contribution in [0.25, 0.3) is 0 Å². The van der Waals surface area contributed by atoms with Crippen LogP contribution in [0, 0.1) is 15.9 Å². The summed E-state index contributed by atoms with van der Waals surface area (Å²) in [5, 5.41) is 10.5. The van der Waals surface area contributed by atoms with E-state index in [-0.39, 0.29) is 11.7 Å². The summed E-state index contributed by atoms with van der Waals surface area (Å²) in [6, 6.07) is 3.25. The third-order valence-corrected chi connectivity index (χ3v) is 2.98. The predicted molar refractivity (Wildman–Crippen MR) is 57.8 cm³/mol. The normalized spacial score (nSPS) is 19.4. The molecule has 1 amide bonds. The lowest BCUT2D eigenvalue weighted by Crippen LogP contribution is -2.21. The van der Waals surface area contributed by atoms with Crippen LogP contribution in [0.2, 0.25) is 0 Å². The van der Waals surface area contributed by atoms with E-state index in [1.54, 1.807) is 0 Å². The molecule has 1 unspecified atom stereocenters. The summed E-state index contributed by atoms with van der Waals surface area (Å²) < 4.78 is 13.7. The summed E-state index contributed by atoms with van der Waals surface area (Å²) in [4.78, 5) is 22.1. The lowest BCUT2D eigenvalue weighted by Gasteiger charge is -2.20. The molecule has 0 aliphatic carbocycles. The van der Waals surface area contributed by atoms with Crippen LogP contribution < -0.4 is 0 Å². The van der Waals surface area contributed by atoms with E-state index < -0.39 is 10.7 Å². The molecular formula is C11H11FN2O3. The molecule has 90 valence electrons. The topological polar surface area (TPSA) is 63.5 Å². The molecule has 1 aliphatic rings. The van der Waals surface area contributed by atoms with Gasteiger partial charge in [0.2, 0.25) is 6.41 Å². The van der Waals surface area contributed by atoms with Gasteiger partial charge in [0.25, 0.3) is 5.69 Å². The van der Waals surface area contributed by atoms with Crippen molar-refractivity contribution in [2.75, 3.05) is 6.54 Å². The minimum absolute atomic E-state index is 0.276. The highest BCUT2D eigenvalue weighted by molar-refractivity contribution is 5.50. The monoisotopic (exact) mass is 238 g/mol. The number of hydrogen-bond acceptors (Lipinski definition) is 3. The van der Waals surface area contributed by atoms with Gasteiger partial charge >= 0.3 is 0 Å². The summed E-state index contributed by atoms with van der Waals surface area (Å²) in [7, 11) is 0. The molecule has 0 radical (unpaired) electrons. The Balaban J connectivity index is 2.33. The summed E-state index contributed by atoms with van der Waals surface area (Å²) >= 11 is 0. The van der Waals surface area contributed by atoms with Crippen LogP contribution in [0.4, 0.5) is 10.1 Å². The molecule has 1 saturated heterocycles. The van der Waals surface area contributed by atoms with Gasteiger partial charge in [0, 0.05) is 18.2 Å². The Morgan fingerprint density at radius 3 is 2.88 bits per heavy atom. The van der Waals surface area contributed by atoms with Crippen molar-refractivity contribution in [3.8, 4) is 0 Å². The van der Waals surface area contributed by atoms with Crippen LogP contribution in [-0.4, -0.2) is 22.8 Å². The first-order valence-corrected chi connectivity index (χ1v) is 5.28. The van der Waals surface area contributed by atoms with Crippen molar-refractivity contribution in [2.45, 2.75) is 18.9 Å². The quantitative estimate of drug-likeness (QED) is 0.459. The number of nitro groups is 1. The van der Waals surface area contributed by atoms with Crippen molar-refractivity contribution in [3.63, 3.8) is 0 Å². The second kappa shape index (κ2) is 4.48. The van der Waals surface area contributed by atoms with Gasteiger partial charge in [-0.15, -0.1) is 0 Å². The van der Waals surface area contributed by atoms with Crippen LogP contribution in [0.3, 0.4) is 0 Å². The minimum atomic E-state index is -0.640. The maximum atomic E-state index is 13.7. The van der Waals surface area contributed by atoms with E-state index in [1.165, 1.54) is 17.0 Å². The molecule has 1 aromatic rings. The van der Waals surface area contributed by atoms with Gasteiger partial charge in [-0.2, -0.15) is 0 Å². The number of non-ortho nitro benzene ring substituents is 1. The van der Waals surface area contributed by atoms with Gasteiger partial charge in [0.1, 0.15) is 5.82 Å². The van der Waals surface area contributed by atoms with E-state index in [9.17, 15) is 19.3 Å². The third-order valence-electron chi connectivity index (χ3n) is 2.98. The van der Waals surface area contributed by atoms with Gasteiger partial charge in [-0.05, 0) is 18.9 Å².